The van der Waals surface area contributed by atoms with Gasteiger partial charge in [0.2, 0.25) is 0 Å². The average Bonchev–Trinajstić information content (AvgIpc) is 2.38. The molecule has 3 atom stereocenters. The molecule has 0 aliphatic carbocycles. The summed E-state index contributed by atoms with van der Waals surface area (Å²) in [5.74, 6) is -0.962. The maximum atomic E-state index is 12.0. The number of carboxylic acid groups (broad SMARTS) is 1. The van der Waals surface area contributed by atoms with E-state index >= 15 is 0 Å². The van der Waals surface area contributed by atoms with Crippen molar-refractivity contribution in [2.75, 3.05) is 0 Å². The van der Waals surface area contributed by atoms with Gasteiger partial charge in [-0.15, -0.1) is 0 Å². The number of amides is 1. The van der Waals surface area contributed by atoms with Gasteiger partial charge in [-0.2, -0.15) is 0 Å². The largest absolute Gasteiger partial charge is 0.480 e. The van der Waals surface area contributed by atoms with Gasteiger partial charge in [-0.3, -0.25) is 4.90 Å². The van der Waals surface area contributed by atoms with Crippen LogP contribution in [0.5, 0.6) is 0 Å². The van der Waals surface area contributed by atoms with E-state index < -0.39 is 18.1 Å². The van der Waals surface area contributed by atoms with Gasteiger partial charge in [0.05, 0.1) is 6.04 Å². The highest BCUT2D eigenvalue weighted by Gasteiger charge is 2.42. The number of carbonyl (C=O) groups is 2. The summed E-state index contributed by atoms with van der Waals surface area (Å²) in [7, 11) is 0. The third-order valence-corrected chi connectivity index (χ3v) is 3.81. The van der Waals surface area contributed by atoms with Crippen molar-refractivity contribution in [3.05, 3.63) is 12.2 Å². The Morgan fingerprint density at radius 3 is 3.00 bits per heavy atom. The summed E-state index contributed by atoms with van der Waals surface area (Å²) in [4.78, 5) is 24.5. The smallest absolute Gasteiger partial charge is 0.411 e. The average molecular weight is 267 g/mol. The van der Waals surface area contributed by atoms with Gasteiger partial charge < -0.3 is 9.84 Å². The molecule has 0 radical (unpaired) electrons. The molecule has 3 unspecified atom stereocenters. The molecule has 1 amide bonds. The molecule has 0 aromatic rings. The van der Waals surface area contributed by atoms with Crippen LogP contribution in [0.3, 0.4) is 0 Å². The van der Waals surface area contributed by atoms with Crippen LogP contribution in [0.25, 0.3) is 0 Å². The first-order valence-corrected chi connectivity index (χ1v) is 7.02. The molecular formula is C14H21NO4. The van der Waals surface area contributed by atoms with Crippen LogP contribution < -0.4 is 0 Å². The van der Waals surface area contributed by atoms with Crippen LogP contribution in [0.1, 0.15) is 45.4 Å². The minimum absolute atomic E-state index is 0.0718. The van der Waals surface area contributed by atoms with E-state index in [-0.39, 0.29) is 12.1 Å². The molecule has 2 aliphatic rings. The first kappa shape index (κ1) is 13.9. The van der Waals surface area contributed by atoms with Gasteiger partial charge in [-0.1, -0.05) is 31.9 Å². The predicted octanol–water partition coefficient (Wildman–Crippen LogP) is 2.56. The second kappa shape index (κ2) is 6.08. The number of unbranched alkanes of at least 4 members (excludes halogenated alkanes) is 2. The molecule has 0 bridgehead atoms. The second-order valence-electron chi connectivity index (χ2n) is 5.23. The van der Waals surface area contributed by atoms with Gasteiger partial charge in [-0.05, 0) is 19.3 Å². The molecule has 0 spiro atoms. The standard InChI is InChI=1S/C14H21NO4/c1-2-3-4-7-11-9-10-6-5-8-12(13(16)17)15(10)14(18)19-11/h5-6,10-12H,2-4,7-9H2,1H3,(H,16,17). The Morgan fingerprint density at radius 2 is 2.32 bits per heavy atom. The fraction of sp³-hybridized carbons (Fsp3) is 0.714. The predicted molar refractivity (Wildman–Crippen MR) is 69.8 cm³/mol. The lowest BCUT2D eigenvalue weighted by molar-refractivity contribution is -0.145. The lowest BCUT2D eigenvalue weighted by atomic mass is 9.95. The van der Waals surface area contributed by atoms with Gasteiger partial charge in [0.25, 0.3) is 0 Å². The first-order valence-electron chi connectivity index (χ1n) is 7.02. The van der Waals surface area contributed by atoms with Gasteiger partial charge in [-0.25, -0.2) is 9.59 Å². The van der Waals surface area contributed by atoms with E-state index in [4.69, 9.17) is 9.84 Å². The molecule has 1 fully saturated rings. The second-order valence-corrected chi connectivity index (χ2v) is 5.23. The van der Waals surface area contributed by atoms with Gasteiger partial charge in [0.15, 0.2) is 0 Å². The summed E-state index contributed by atoms with van der Waals surface area (Å²) in [5, 5.41) is 9.15. The van der Waals surface area contributed by atoms with E-state index in [1.165, 1.54) is 4.90 Å². The number of hydrogen-bond donors (Lipinski definition) is 1. The lowest BCUT2D eigenvalue weighted by Gasteiger charge is -2.42. The van der Waals surface area contributed by atoms with Crippen molar-refractivity contribution in [3.63, 3.8) is 0 Å². The van der Waals surface area contributed by atoms with Crippen LogP contribution in [0.2, 0.25) is 0 Å². The normalized spacial score (nSPS) is 29.8. The Bertz CT molecular complexity index is 380. The van der Waals surface area contributed by atoms with Crippen molar-refractivity contribution in [1.82, 2.24) is 4.90 Å². The van der Waals surface area contributed by atoms with E-state index in [9.17, 15) is 9.59 Å². The molecule has 5 heteroatoms. The Morgan fingerprint density at radius 1 is 1.53 bits per heavy atom. The zero-order valence-corrected chi connectivity index (χ0v) is 11.2. The van der Waals surface area contributed by atoms with Crippen LogP contribution >= 0.6 is 0 Å². The van der Waals surface area contributed by atoms with Gasteiger partial charge >= 0.3 is 12.1 Å². The molecule has 2 aliphatic heterocycles. The summed E-state index contributed by atoms with van der Waals surface area (Å²) < 4.78 is 5.37. The molecular weight excluding hydrogens is 246 g/mol. The lowest BCUT2D eigenvalue weighted by Crippen LogP contribution is -2.56. The van der Waals surface area contributed by atoms with Crippen molar-refractivity contribution >= 4 is 12.1 Å². The van der Waals surface area contributed by atoms with E-state index in [1.54, 1.807) is 0 Å². The molecule has 1 saturated heterocycles. The number of aliphatic carboxylic acids is 1. The van der Waals surface area contributed by atoms with Crippen molar-refractivity contribution in [1.29, 1.82) is 0 Å². The Balaban J connectivity index is 2.00. The zero-order chi connectivity index (χ0) is 13.8. The highest BCUT2D eigenvalue weighted by atomic mass is 16.6. The van der Waals surface area contributed by atoms with Crippen LogP contribution in [-0.2, 0) is 9.53 Å². The van der Waals surface area contributed by atoms with Gasteiger partial charge in [0.1, 0.15) is 12.1 Å². The van der Waals surface area contributed by atoms with E-state index in [0.717, 1.165) is 25.7 Å². The number of fused-ring (bicyclic) bond motifs is 1. The quantitative estimate of drug-likeness (QED) is 0.614. The highest BCUT2D eigenvalue weighted by Crippen LogP contribution is 2.29. The molecule has 19 heavy (non-hydrogen) atoms. The number of ether oxygens (including phenoxy) is 1. The fourth-order valence-electron chi connectivity index (χ4n) is 2.80. The van der Waals surface area contributed by atoms with Crippen molar-refractivity contribution in [2.24, 2.45) is 0 Å². The fourth-order valence-corrected chi connectivity index (χ4v) is 2.80. The number of nitrogens with zero attached hydrogens (tertiary/aromatic N) is 1. The monoisotopic (exact) mass is 267 g/mol. The third-order valence-electron chi connectivity index (χ3n) is 3.81. The molecule has 5 nitrogen and oxygen atoms in total. The Kier molecular flexibility index (Phi) is 4.45. The maximum absolute atomic E-state index is 12.0. The van der Waals surface area contributed by atoms with Gasteiger partial charge in [0, 0.05) is 6.42 Å². The molecule has 2 heterocycles. The Hall–Kier alpha value is -1.52. The van der Waals surface area contributed by atoms with E-state index in [0.29, 0.717) is 12.8 Å². The number of rotatable bonds is 5. The van der Waals surface area contributed by atoms with Crippen LogP contribution in [0, 0.1) is 0 Å². The molecule has 1 N–H and O–H groups in total. The topological polar surface area (TPSA) is 66.8 Å². The number of cyclic esters (lactones) is 1. The third kappa shape index (κ3) is 3.08. The van der Waals surface area contributed by atoms with Crippen molar-refractivity contribution in [3.8, 4) is 0 Å². The molecule has 0 aromatic heterocycles. The zero-order valence-electron chi connectivity index (χ0n) is 11.2. The summed E-state index contributed by atoms with van der Waals surface area (Å²) in [6, 6.07) is -0.901. The van der Waals surface area contributed by atoms with Crippen molar-refractivity contribution in [2.45, 2.75) is 63.6 Å². The molecule has 0 saturated carbocycles. The van der Waals surface area contributed by atoms with E-state index in [1.807, 2.05) is 12.2 Å². The van der Waals surface area contributed by atoms with E-state index in [2.05, 4.69) is 6.92 Å². The number of carboxylic acids is 1. The summed E-state index contributed by atoms with van der Waals surface area (Å²) in [6.07, 6.45) is 8.51. The number of carbonyl (C=O) groups excluding carboxylic acids is 1. The number of hydrogen-bond acceptors (Lipinski definition) is 3. The summed E-state index contributed by atoms with van der Waals surface area (Å²) in [5.41, 5.74) is 0. The first-order chi connectivity index (χ1) is 9.13. The molecule has 106 valence electrons. The summed E-state index contributed by atoms with van der Waals surface area (Å²) in [6.45, 7) is 2.13. The molecule has 2 rings (SSSR count). The van der Waals surface area contributed by atoms with Crippen LogP contribution in [0.15, 0.2) is 12.2 Å². The maximum Gasteiger partial charge on any atom is 0.411 e. The SMILES string of the molecule is CCCCCC1CC2C=CCC(C(=O)O)N2C(=O)O1. The molecule has 0 aromatic carbocycles. The van der Waals surface area contributed by atoms with Crippen LogP contribution in [0.4, 0.5) is 4.79 Å². The minimum Gasteiger partial charge on any atom is -0.480 e. The van der Waals surface area contributed by atoms with Crippen LogP contribution in [-0.4, -0.2) is 40.3 Å². The Labute approximate surface area is 113 Å². The minimum atomic E-state index is -0.962. The van der Waals surface area contributed by atoms with Crippen molar-refractivity contribution < 1.29 is 19.4 Å². The highest BCUT2D eigenvalue weighted by molar-refractivity contribution is 5.81. The summed E-state index contributed by atoms with van der Waals surface area (Å²) >= 11 is 0.